The van der Waals surface area contributed by atoms with Crippen LogP contribution in [0.25, 0.3) is 6.08 Å². The normalized spacial score (nSPS) is 11.7. The Bertz CT molecular complexity index is 693. The molecule has 4 nitrogen and oxygen atoms in total. The molecular weight excluding hydrogens is 329 g/mol. The van der Waals surface area contributed by atoms with Crippen molar-refractivity contribution in [2.45, 2.75) is 19.8 Å². The second-order valence-corrected chi connectivity index (χ2v) is 5.60. The molecule has 0 spiro atoms. The minimum absolute atomic E-state index is 0.200. The highest BCUT2D eigenvalue weighted by atomic mass is 32.1. The number of benzene rings is 1. The van der Waals surface area contributed by atoms with Gasteiger partial charge >= 0.3 is 6.36 Å². The van der Waals surface area contributed by atoms with Gasteiger partial charge in [0, 0.05) is 18.0 Å². The van der Waals surface area contributed by atoms with Gasteiger partial charge in [0.25, 0.3) is 0 Å². The van der Waals surface area contributed by atoms with E-state index in [0.717, 1.165) is 5.01 Å². The number of halogens is 3. The Balaban J connectivity index is 1.83. The Kier molecular flexibility index (Phi) is 5.38. The minimum Gasteiger partial charge on any atom is -0.406 e. The molecule has 0 aliphatic heterocycles. The van der Waals surface area contributed by atoms with Gasteiger partial charge in [-0.3, -0.25) is 4.79 Å². The molecule has 2 aromatic rings. The van der Waals surface area contributed by atoms with Crippen LogP contribution in [0.15, 0.2) is 35.7 Å². The molecule has 8 heteroatoms. The lowest BCUT2D eigenvalue weighted by Gasteiger charge is -2.09. The maximum Gasteiger partial charge on any atom is 0.573 e. The van der Waals surface area contributed by atoms with E-state index in [2.05, 4.69) is 15.0 Å². The number of aryl methyl sites for hydroxylation is 1. The summed E-state index contributed by atoms with van der Waals surface area (Å²) in [4.78, 5) is 15.8. The summed E-state index contributed by atoms with van der Waals surface area (Å²) in [5.41, 5.74) is 1.36. The third-order valence-electron chi connectivity index (χ3n) is 2.67. The molecule has 0 aliphatic rings. The topological polar surface area (TPSA) is 51.2 Å². The summed E-state index contributed by atoms with van der Waals surface area (Å²) in [5.74, 6) is -0.613. The average Bonchev–Trinajstić information content (AvgIpc) is 2.88. The van der Waals surface area contributed by atoms with Crippen molar-refractivity contribution in [2.75, 3.05) is 0 Å². The van der Waals surface area contributed by atoms with Crippen LogP contribution >= 0.6 is 11.3 Å². The van der Waals surface area contributed by atoms with Gasteiger partial charge < -0.3 is 10.1 Å². The Morgan fingerprint density at radius 2 is 2.04 bits per heavy atom. The highest BCUT2D eigenvalue weighted by molar-refractivity contribution is 7.09. The van der Waals surface area contributed by atoms with Gasteiger partial charge in [0.2, 0.25) is 5.91 Å². The standard InChI is InChI=1S/C15H13F3N2O2S/c1-10-20-12(9-23-10)4-7-14(21)19-8-11-2-5-13(6-3-11)22-15(16,17)18/h2-7,9H,8H2,1H3,(H,19,21)/b7-4+. The van der Waals surface area contributed by atoms with Crippen LogP contribution in [0.4, 0.5) is 13.2 Å². The van der Waals surface area contributed by atoms with Crippen molar-refractivity contribution in [2.24, 2.45) is 0 Å². The fourth-order valence-corrected chi connectivity index (χ4v) is 2.26. The van der Waals surface area contributed by atoms with Crippen LogP contribution in [0, 0.1) is 6.92 Å². The average molecular weight is 342 g/mol. The molecule has 2 rings (SSSR count). The number of nitrogens with zero attached hydrogens (tertiary/aromatic N) is 1. The smallest absolute Gasteiger partial charge is 0.406 e. The Morgan fingerprint density at radius 1 is 1.35 bits per heavy atom. The Labute approximate surface area is 134 Å². The molecular formula is C15H13F3N2O2S. The molecule has 0 fully saturated rings. The van der Waals surface area contributed by atoms with Gasteiger partial charge in [0.1, 0.15) is 5.75 Å². The molecule has 0 aliphatic carbocycles. The number of rotatable bonds is 5. The van der Waals surface area contributed by atoms with E-state index in [1.54, 1.807) is 6.08 Å². The lowest BCUT2D eigenvalue weighted by atomic mass is 10.2. The third kappa shape index (κ3) is 6.11. The molecule has 1 aromatic heterocycles. The van der Waals surface area contributed by atoms with E-state index in [9.17, 15) is 18.0 Å². The molecule has 0 saturated heterocycles. The minimum atomic E-state index is -4.71. The number of ether oxygens (including phenoxy) is 1. The van der Waals surface area contributed by atoms with Gasteiger partial charge in [-0.15, -0.1) is 24.5 Å². The van der Waals surface area contributed by atoms with Crippen molar-refractivity contribution in [3.05, 3.63) is 52.0 Å². The van der Waals surface area contributed by atoms with Gasteiger partial charge in [0.15, 0.2) is 0 Å². The summed E-state index contributed by atoms with van der Waals surface area (Å²) in [6.45, 7) is 2.07. The molecule has 1 amide bonds. The van der Waals surface area contributed by atoms with E-state index in [-0.39, 0.29) is 18.2 Å². The van der Waals surface area contributed by atoms with Crippen molar-refractivity contribution >= 4 is 23.3 Å². The zero-order valence-corrected chi connectivity index (χ0v) is 12.9. The van der Waals surface area contributed by atoms with Gasteiger partial charge in [-0.2, -0.15) is 0 Å². The Morgan fingerprint density at radius 3 is 2.61 bits per heavy atom. The molecule has 1 aromatic carbocycles. The summed E-state index contributed by atoms with van der Waals surface area (Å²) >= 11 is 1.49. The maximum absolute atomic E-state index is 12.0. The molecule has 0 atom stereocenters. The van der Waals surface area contributed by atoms with E-state index in [1.165, 1.54) is 41.7 Å². The number of amides is 1. The second-order valence-electron chi connectivity index (χ2n) is 4.53. The van der Waals surface area contributed by atoms with Crippen LogP contribution < -0.4 is 10.1 Å². The predicted octanol–water partition coefficient (Wildman–Crippen LogP) is 3.68. The molecule has 1 heterocycles. The number of hydrogen-bond acceptors (Lipinski definition) is 4. The molecule has 0 saturated carbocycles. The number of nitrogens with one attached hydrogen (secondary N) is 1. The third-order valence-corrected chi connectivity index (χ3v) is 3.46. The lowest BCUT2D eigenvalue weighted by molar-refractivity contribution is -0.274. The molecule has 122 valence electrons. The van der Waals surface area contributed by atoms with Crippen molar-refractivity contribution in [1.29, 1.82) is 0 Å². The van der Waals surface area contributed by atoms with E-state index in [0.29, 0.717) is 11.3 Å². The largest absolute Gasteiger partial charge is 0.573 e. The van der Waals surface area contributed by atoms with Gasteiger partial charge in [-0.1, -0.05) is 12.1 Å². The van der Waals surface area contributed by atoms with Crippen molar-refractivity contribution < 1.29 is 22.7 Å². The number of aromatic nitrogens is 1. The fourth-order valence-electron chi connectivity index (χ4n) is 1.67. The maximum atomic E-state index is 12.0. The number of thiazole rings is 1. The molecule has 1 N–H and O–H groups in total. The van der Waals surface area contributed by atoms with Crippen LogP contribution in [0.2, 0.25) is 0 Å². The van der Waals surface area contributed by atoms with E-state index in [1.807, 2.05) is 12.3 Å². The van der Waals surface area contributed by atoms with Gasteiger partial charge in [-0.05, 0) is 30.7 Å². The summed E-state index contributed by atoms with van der Waals surface area (Å²) in [6, 6.07) is 5.30. The van der Waals surface area contributed by atoms with E-state index in [4.69, 9.17) is 0 Å². The van der Waals surface area contributed by atoms with Crippen molar-refractivity contribution in [3.8, 4) is 5.75 Å². The van der Waals surface area contributed by atoms with Crippen LogP contribution in [-0.4, -0.2) is 17.3 Å². The van der Waals surface area contributed by atoms with Gasteiger partial charge in [-0.25, -0.2) is 4.98 Å². The first-order valence-corrected chi connectivity index (χ1v) is 7.42. The SMILES string of the molecule is Cc1nc(/C=C/C(=O)NCc2ccc(OC(F)(F)F)cc2)cs1. The summed E-state index contributed by atoms with van der Waals surface area (Å²) in [6.07, 6.45) is -1.76. The molecule has 0 radical (unpaired) electrons. The highest BCUT2D eigenvalue weighted by Gasteiger charge is 2.30. The van der Waals surface area contributed by atoms with Crippen LogP contribution in [0.1, 0.15) is 16.3 Å². The fraction of sp³-hybridized carbons (Fsp3) is 0.200. The zero-order valence-electron chi connectivity index (χ0n) is 12.1. The number of alkyl halides is 3. The molecule has 0 unspecified atom stereocenters. The lowest BCUT2D eigenvalue weighted by Crippen LogP contribution is -2.20. The first-order chi connectivity index (χ1) is 10.8. The summed E-state index contributed by atoms with van der Waals surface area (Å²) in [5, 5.41) is 5.37. The van der Waals surface area contributed by atoms with E-state index >= 15 is 0 Å². The first-order valence-electron chi connectivity index (χ1n) is 6.54. The highest BCUT2D eigenvalue weighted by Crippen LogP contribution is 2.22. The number of carbonyl (C=O) groups is 1. The van der Waals surface area contributed by atoms with Crippen LogP contribution in [0.3, 0.4) is 0 Å². The number of hydrogen-bond donors (Lipinski definition) is 1. The second kappa shape index (κ2) is 7.28. The van der Waals surface area contributed by atoms with Gasteiger partial charge in [0.05, 0.1) is 10.7 Å². The van der Waals surface area contributed by atoms with E-state index < -0.39 is 6.36 Å². The van der Waals surface area contributed by atoms with Crippen LogP contribution in [0.5, 0.6) is 5.75 Å². The Hall–Kier alpha value is -2.35. The first kappa shape index (κ1) is 17.0. The zero-order chi connectivity index (χ0) is 16.9. The predicted molar refractivity (Wildman–Crippen MR) is 80.9 cm³/mol. The summed E-state index contributed by atoms with van der Waals surface area (Å²) < 4.78 is 39.9. The number of carbonyl (C=O) groups excluding carboxylic acids is 1. The summed E-state index contributed by atoms with van der Waals surface area (Å²) in [7, 11) is 0. The molecule has 0 bridgehead atoms. The molecule has 23 heavy (non-hydrogen) atoms. The van der Waals surface area contributed by atoms with Crippen molar-refractivity contribution in [3.63, 3.8) is 0 Å². The quantitative estimate of drug-likeness (QED) is 0.844. The van der Waals surface area contributed by atoms with Crippen LogP contribution in [-0.2, 0) is 11.3 Å². The monoisotopic (exact) mass is 342 g/mol. The van der Waals surface area contributed by atoms with Crippen molar-refractivity contribution in [1.82, 2.24) is 10.3 Å².